The third kappa shape index (κ3) is 1.97. The van der Waals surface area contributed by atoms with Gasteiger partial charge in [-0.25, -0.2) is 8.66 Å². The average molecular weight is 357 g/mol. The smallest absolute Gasteiger partial charge is 0.185 e. The van der Waals surface area contributed by atoms with Crippen LogP contribution in [0.1, 0.15) is 16.9 Å². The van der Waals surface area contributed by atoms with E-state index in [2.05, 4.69) is 27.1 Å². The van der Waals surface area contributed by atoms with Crippen molar-refractivity contribution < 1.29 is 9.00 Å². The van der Waals surface area contributed by atoms with E-state index in [0.29, 0.717) is 30.7 Å². The second-order valence-corrected chi connectivity index (χ2v) is 6.40. The number of carbonyl (C=O) groups is 1. The van der Waals surface area contributed by atoms with Gasteiger partial charge in [-0.2, -0.15) is 5.10 Å². The molecule has 0 aromatic carbocycles. The molecule has 2 heterocycles. The third-order valence-corrected chi connectivity index (χ3v) is 5.09. The van der Waals surface area contributed by atoms with Crippen LogP contribution in [0.2, 0.25) is 0 Å². The van der Waals surface area contributed by atoms with Gasteiger partial charge in [0.1, 0.15) is 16.7 Å². The molecule has 1 aliphatic heterocycles. The molecule has 0 spiro atoms. The Hall–Kier alpha value is -0.0100. The molecular formula is C7H9IN3O2PS. The maximum Gasteiger partial charge on any atom is 0.185 e. The number of nitrogens with zero attached hydrogens (tertiary/aromatic N) is 3. The summed E-state index contributed by atoms with van der Waals surface area (Å²) in [6.07, 6.45) is 4.05. The van der Waals surface area contributed by atoms with Crippen molar-refractivity contribution >= 4 is 50.9 Å². The van der Waals surface area contributed by atoms with E-state index in [9.17, 15) is 9.00 Å². The number of aromatic nitrogens is 2. The van der Waals surface area contributed by atoms with Crippen LogP contribution in [0, 0.1) is 0 Å². The van der Waals surface area contributed by atoms with Crippen molar-refractivity contribution in [1.82, 2.24) is 9.55 Å². The van der Waals surface area contributed by atoms with Gasteiger partial charge in [0.2, 0.25) is 0 Å². The monoisotopic (exact) mass is 357 g/mol. The lowest BCUT2D eigenvalue weighted by Crippen LogP contribution is -2.33. The summed E-state index contributed by atoms with van der Waals surface area (Å²) in [5.41, 5.74) is 1.31. The Bertz CT molecular complexity index is 436. The van der Waals surface area contributed by atoms with Crippen LogP contribution >= 0.6 is 28.4 Å². The summed E-state index contributed by atoms with van der Waals surface area (Å²) in [5, 5.41) is 4.12. The molecule has 0 saturated carbocycles. The SMILES string of the molecule is CS(=O)N1CCC(=O)c2c1cnn2PI. The molecule has 8 heteroatoms. The van der Waals surface area contributed by atoms with E-state index in [4.69, 9.17) is 0 Å². The maximum absolute atomic E-state index is 11.7. The third-order valence-electron chi connectivity index (χ3n) is 2.22. The van der Waals surface area contributed by atoms with Gasteiger partial charge >= 0.3 is 0 Å². The number of rotatable bonds is 2. The van der Waals surface area contributed by atoms with Gasteiger partial charge in [-0.05, 0) is 22.0 Å². The molecule has 0 fully saturated rings. The van der Waals surface area contributed by atoms with E-state index < -0.39 is 11.0 Å². The van der Waals surface area contributed by atoms with Crippen LogP contribution in [-0.2, 0) is 11.0 Å². The second kappa shape index (κ2) is 4.47. The molecule has 1 aromatic rings. The molecule has 1 aliphatic rings. The zero-order valence-corrected chi connectivity index (χ0v) is 11.9. The molecule has 0 bridgehead atoms. The van der Waals surface area contributed by atoms with Gasteiger partial charge in [0, 0.05) is 19.2 Å². The molecule has 0 amide bonds. The lowest BCUT2D eigenvalue weighted by atomic mass is 10.1. The summed E-state index contributed by atoms with van der Waals surface area (Å²) >= 11 is 2.17. The fourth-order valence-electron chi connectivity index (χ4n) is 1.56. The highest BCUT2D eigenvalue weighted by Gasteiger charge is 2.29. The summed E-state index contributed by atoms with van der Waals surface area (Å²) in [4.78, 5) is 11.7. The normalized spacial score (nSPS) is 18.5. The summed E-state index contributed by atoms with van der Waals surface area (Å²) in [7, 11) is -1.09. The Morgan fingerprint density at radius 3 is 3.00 bits per heavy atom. The Balaban J connectivity index is 2.51. The van der Waals surface area contributed by atoms with E-state index in [1.165, 1.54) is 0 Å². The summed E-state index contributed by atoms with van der Waals surface area (Å²) < 4.78 is 14.9. The number of halogens is 1. The molecular weight excluding hydrogens is 348 g/mol. The quantitative estimate of drug-likeness (QED) is 0.593. The molecule has 82 valence electrons. The zero-order chi connectivity index (χ0) is 11.0. The first-order valence-electron chi connectivity index (χ1n) is 4.24. The van der Waals surface area contributed by atoms with Crippen molar-refractivity contribution in [2.24, 2.45) is 0 Å². The first kappa shape index (κ1) is 11.5. The number of hydrogen-bond donors (Lipinski definition) is 0. The molecule has 5 nitrogen and oxygen atoms in total. The van der Waals surface area contributed by atoms with E-state index >= 15 is 0 Å². The van der Waals surface area contributed by atoms with Gasteiger partial charge in [0.25, 0.3) is 0 Å². The lowest BCUT2D eigenvalue weighted by Gasteiger charge is -2.24. The van der Waals surface area contributed by atoms with Gasteiger partial charge in [0.15, 0.2) is 5.78 Å². The first-order chi connectivity index (χ1) is 7.15. The lowest BCUT2D eigenvalue weighted by molar-refractivity contribution is 0.0976. The molecule has 0 saturated heterocycles. The largest absolute Gasteiger partial charge is 0.292 e. The highest BCUT2D eigenvalue weighted by Crippen LogP contribution is 2.34. The van der Waals surface area contributed by atoms with Crippen molar-refractivity contribution in [2.75, 3.05) is 17.1 Å². The van der Waals surface area contributed by atoms with E-state index in [0.717, 1.165) is 0 Å². The Kier molecular flexibility index (Phi) is 3.42. The van der Waals surface area contributed by atoms with Crippen molar-refractivity contribution in [2.45, 2.75) is 6.42 Å². The Morgan fingerprint density at radius 1 is 1.67 bits per heavy atom. The summed E-state index contributed by atoms with van der Waals surface area (Å²) in [6, 6.07) is 0. The fourth-order valence-corrected chi connectivity index (χ4v) is 3.84. The average Bonchev–Trinajstić information content (AvgIpc) is 2.62. The number of anilines is 1. The number of hydrogen-bond acceptors (Lipinski definition) is 3. The van der Waals surface area contributed by atoms with Crippen LogP contribution in [0.25, 0.3) is 0 Å². The highest BCUT2D eigenvalue weighted by atomic mass is 127. The van der Waals surface area contributed by atoms with E-state index in [1.807, 2.05) is 0 Å². The van der Waals surface area contributed by atoms with Crippen LogP contribution in [0.15, 0.2) is 6.20 Å². The first-order valence-corrected chi connectivity index (χ1v) is 9.81. The van der Waals surface area contributed by atoms with Crippen LogP contribution in [0.4, 0.5) is 5.69 Å². The predicted octanol–water partition coefficient (Wildman–Crippen LogP) is 1.36. The maximum atomic E-state index is 11.7. The molecule has 2 unspecified atom stereocenters. The molecule has 0 radical (unpaired) electrons. The predicted molar refractivity (Wildman–Crippen MR) is 70.3 cm³/mol. The van der Waals surface area contributed by atoms with Crippen molar-refractivity contribution in [3.8, 4) is 0 Å². The topological polar surface area (TPSA) is 55.2 Å². The molecule has 0 aliphatic carbocycles. The highest BCUT2D eigenvalue weighted by molar-refractivity contribution is 14.2. The van der Waals surface area contributed by atoms with Gasteiger partial charge < -0.3 is 0 Å². The minimum atomic E-state index is -1.09. The van der Waals surface area contributed by atoms with Crippen LogP contribution < -0.4 is 4.31 Å². The molecule has 0 N–H and O–H groups in total. The van der Waals surface area contributed by atoms with Gasteiger partial charge in [-0.1, -0.05) is 0 Å². The fraction of sp³-hybridized carbons (Fsp3) is 0.429. The Morgan fingerprint density at radius 2 is 2.40 bits per heavy atom. The van der Waals surface area contributed by atoms with Gasteiger partial charge in [-0.3, -0.25) is 9.10 Å². The summed E-state index contributed by atoms with van der Waals surface area (Å²) in [6.45, 7) is 0.519. The number of ketones is 1. The zero-order valence-electron chi connectivity index (χ0n) is 7.94. The van der Waals surface area contributed by atoms with Crippen molar-refractivity contribution in [1.29, 1.82) is 0 Å². The molecule has 15 heavy (non-hydrogen) atoms. The minimum Gasteiger partial charge on any atom is -0.292 e. The van der Waals surface area contributed by atoms with Gasteiger partial charge in [0.05, 0.1) is 18.3 Å². The van der Waals surface area contributed by atoms with E-state index in [1.54, 1.807) is 21.2 Å². The van der Waals surface area contributed by atoms with Gasteiger partial charge in [-0.15, -0.1) is 0 Å². The van der Waals surface area contributed by atoms with Crippen LogP contribution in [0.5, 0.6) is 0 Å². The minimum absolute atomic E-state index is 0.0911. The van der Waals surface area contributed by atoms with Crippen molar-refractivity contribution in [3.63, 3.8) is 0 Å². The second-order valence-electron chi connectivity index (χ2n) is 3.07. The van der Waals surface area contributed by atoms with Crippen LogP contribution in [0.3, 0.4) is 0 Å². The number of Topliss-reactive ketones (excluding diaryl/α,β-unsaturated/α-hetero) is 1. The van der Waals surface area contributed by atoms with Crippen molar-refractivity contribution in [3.05, 3.63) is 11.9 Å². The number of carbonyl (C=O) groups excluding carboxylic acids is 1. The summed E-state index contributed by atoms with van der Waals surface area (Å²) in [5.74, 6) is 0.0911. The van der Waals surface area contributed by atoms with E-state index in [-0.39, 0.29) is 5.78 Å². The Labute approximate surface area is 105 Å². The molecule has 2 atom stereocenters. The molecule has 1 aromatic heterocycles. The van der Waals surface area contributed by atoms with Crippen LogP contribution in [-0.4, -0.2) is 32.3 Å². The standard InChI is InChI=1S/C7H9IN3O2PS/c1-15(13)10-3-2-6(12)7-5(10)4-9-11(7)14-8/h4,14H,2-3H2,1H3. The number of fused-ring (bicyclic) bond motifs is 1. The molecule has 2 rings (SSSR count).